The van der Waals surface area contributed by atoms with Gasteiger partial charge in [-0.25, -0.2) is 4.98 Å². The molecular formula is C30H29N3O3. The van der Waals surface area contributed by atoms with Crippen LogP contribution in [0.5, 0.6) is 11.5 Å². The molecule has 2 heterocycles. The second-order valence-electron chi connectivity index (χ2n) is 10.5. The van der Waals surface area contributed by atoms with Crippen LogP contribution in [-0.4, -0.2) is 27.4 Å². The predicted octanol–water partition coefficient (Wildman–Crippen LogP) is 5.33. The molecule has 2 saturated carbocycles. The van der Waals surface area contributed by atoms with Gasteiger partial charge >= 0.3 is 0 Å². The van der Waals surface area contributed by atoms with Crippen molar-refractivity contribution >= 4 is 0 Å². The third-order valence-electron chi connectivity index (χ3n) is 8.11. The number of aliphatic hydroxyl groups is 1. The van der Waals surface area contributed by atoms with Crippen molar-refractivity contribution in [2.75, 3.05) is 7.11 Å². The highest BCUT2D eigenvalue weighted by Gasteiger charge is 2.58. The van der Waals surface area contributed by atoms with E-state index >= 15 is 0 Å². The average molecular weight is 480 g/mol. The maximum absolute atomic E-state index is 10.8. The van der Waals surface area contributed by atoms with Gasteiger partial charge in [0.2, 0.25) is 0 Å². The zero-order chi connectivity index (χ0) is 24.5. The van der Waals surface area contributed by atoms with Crippen molar-refractivity contribution in [2.24, 2.45) is 11.7 Å². The van der Waals surface area contributed by atoms with Gasteiger partial charge < -0.3 is 20.3 Å². The van der Waals surface area contributed by atoms with Gasteiger partial charge in [-0.15, -0.1) is 0 Å². The van der Waals surface area contributed by atoms with Crippen LogP contribution in [0.3, 0.4) is 0 Å². The summed E-state index contributed by atoms with van der Waals surface area (Å²) >= 11 is 0. The summed E-state index contributed by atoms with van der Waals surface area (Å²) in [4.78, 5) is 5.15. The molecule has 1 aromatic heterocycles. The molecule has 0 spiro atoms. The van der Waals surface area contributed by atoms with Gasteiger partial charge in [0.1, 0.15) is 5.82 Å². The molecule has 0 saturated heterocycles. The SMILES string of the molecule is COc1cccc2c1OCn1c-2nc(-c2ccc(C3(N)CC(O)(C4CC4)C3)cc2)c1-c1ccccc1. The number of aromatic nitrogens is 2. The number of nitrogens with two attached hydrogens (primary N) is 1. The van der Waals surface area contributed by atoms with E-state index in [1.165, 1.54) is 0 Å². The quantitative estimate of drug-likeness (QED) is 0.404. The van der Waals surface area contributed by atoms with Gasteiger partial charge in [0.25, 0.3) is 0 Å². The Hall–Kier alpha value is -3.61. The van der Waals surface area contributed by atoms with Crippen molar-refractivity contribution in [1.29, 1.82) is 0 Å². The van der Waals surface area contributed by atoms with Crippen molar-refractivity contribution in [3.63, 3.8) is 0 Å². The number of hydrogen-bond acceptors (Lipinski definition) is 5. The number of ether oxygens (including phenoxy) is 2. The summed E-state index contributed by atoms with van der Waals surface area (Å²) in [6, 6.07) is 24.6. The van der Waals surface area contributed by atoms with E-state index in [0.29, 0.717) is 31.2 Å². The Labute approximate surface area is 210 Å². The third-order valence-corrected chi connectivity index (χ3v) is 8.11. The molecular weight excluding hydrogens is 450 g/mol. The topological polar surface area (TPSA) is 82.5 Å². The number of methoxy groups -OCH3 is 1. The summed E-state index contributed by atoms with van der Waals surface area (Å²) in [6.07, 6.45) is 3.51. The molecule has 0 unspecified atom stereocenters. The smallest absolute Gasteiger partial charge is 0.174 e. The first-order valence-electron chi connectivity index (χ1n) is 12.6. The molecule has 1 aliphatic heterocycles. The molecule has 6 heteroatoms. The Morgan fingerprint density at radius 2 is 1.72 bits per heavy atom. The number of fused-ring (bicyclic) bond motifs is 3. The Bertz CT molecular complexity index is 1450. The molecule has 0 atom stereocenters. The first-order valence-corrected chi connectivity index (χ1v) is 12.6. The third kappa shape index (κ3) is 3.21. The monoisotopic (exact) mass is 479 g/mol. The molecule has 0 radical (unpaired) electrons. The minimum absolute atomic E-state index is 0.351. The second-order valence-corrected chi connectivity index (χ2v) is 10.5. The first kappa shape index (κ1) is 21.7. The van der Waals surface area contributed by atoms with E-state index in [1.807, 2.05) is 36.4 Å². The van der Waals surface area contributed by atoms with Crippen LogP contribution in [0.2, 0.25) is 0 Å². The minimum Gasteiger partial charge on any atom is -0.493 e. The largest absolute Gasteiger partial charge is 0.493 e. The zero-order valence-corrected chi connectivity index (χ0v) is 20.3. The van der Waals surface area contributed by atoms with Crippen molar-refractivity contribution in [1.82, 2.24) is 9.55 Å². The van der Waals surface area contributed by atoms with E-state index < -0.39 is 11.1 Å². The lowest BCUT2D eigenvalue weighted by Crippen LogP contribution is -2.60. The molecule has 36 heavy (non-hydrogen) atoms. The molecule has 7 rings (SSSR count). The lowest BCUT2D eigenvalue weighted by molar-refractivity contribution is -0.106. The summed E-state index contributed by atoms with van der Waals surface area (Å²) in [5.74, 6) is 2.71. The molecule has 3 N–H and O–H groups in total. The highest BCUT2D eigenvalue weighted by molar-refractivity contribution is 5.84. The van der Waals surface area contributed by atoms with E-state index in [9.17, 15) is 5.11 Å². The Balaban J connectivity index is 1.31. The fourth-order valence-corrected chi connectivity index (χ4v) is 6.12. The van der Waals surface area contributed by atoms with Gasteiger partial charge in [0.05, 0.1) is 29.7 Å². The summed E-state index contributed by atoms with van der Waals surface area (Å²) in [5.41, 5.74) is 11.7. The van der Waals surface area contributed by atoms with Gasteiger partial charge in [0, 0.05) is 16.7 Å². The van der Waals surface area contributed by atoms with E-state index in [0.717, 1.165) is 58.1 Å². The standard InChI is InChI=1S/C30H29N3O3/c1-35-24-9-5-8-23-27(24)36-18-33-26(20-6-3-2-4-7-20)25(32-28(23)33)19-10-12-21(13-11-19)29(31)16-30(34,17-29)22-14-15-22/h2-13,22,34H,14-18,31H2,1H3. The van der Waals surface area contributed by atoms with E-state index in [2.05, 4.69) is 41.0 Å². The zero-order valence-electron chi connectivity index (χ0n) is 20.3. The fourth-order valence-electron chi connectivity index (χ4n) is 6.12. The number of benzene rings is 3. The highest BCUT2D eigenvalue weighted by atomic mass is 16.5. The number of para-hydroxylation sites is 1. The molecule has 182 valence electrons. The lowest BCUT2D eigenvalue weighted by Gasteiger charge is -2.52. The Morgan fingerprint density at radius 1 is 0.972 bits per heavy atom. The van der Waals surface area contributed by atoms with Crippen LogP contribution in [0.1, 0.15) is 31.2 Å². The average Bonchev–Trinajstić information content (AvgIpc) is 3.68. The summed E-state index contributed by atoms with van der Waals surface area (Å²) in [7, 11) is 1.65. The number of rotatable bonds is 5. The lowest BCUT2D eigenvalue weighted by atomic mass is 9.60. The molecule has 2 fully saturated rings. The summed E-state index contributed by atoms with van der Waals surface area (Å²) in [5, 5.41) is 10.8. The molecule has 0 bridgehead atoms. The van der Waals surface area contributed by atoms with Gasteiger partial charge in [0.15, 0.2) is 18.2 Å². The molecule has 3 aliphatic rings. The summed E-state index contributed by atoms with van der Waals surface area (Å²) in [6.45, 7) is 0.351. The number of hydrogen-bond donors (Lipinski definition) is 2. The first-order chi connectivity index (χ1) is 17.5. The maximum Gasteiger partial charge on any atom is 0.174 e. The highest BCUT2D eigenvalue weighted by Crippen LogP contribution is 2.57. The van der Waals surface area contributed by atoms with E-state index in [1.54, 1.807) is 7.11 Å². The van der Waals surface area contributed by atoms with Crippen LogP contribution >= 0.6 is 0 Å². The number of imidazole rings is 1. The molecule has 4 aromatic rings. The van der Waals surface area contributed by atoms with Crippen molar-refractivity contribution in [2.45, 2.75) is 43.6 Å². The molecule has 6 nitrogen and oxygen atoms in total. The normalized spacial score (nSPS) is 24.3. The van der Waals surface area contributed by atoms with Gasteiger partial charge in [-0.1, -0.05) is 60.7 Å². The molecule has 3 aromatic carbocycles. The molecule has 0 amide bonds. The van der Waals surface area contributed by atoms with Crippen molar-refractivity contribution < 1.29 is 14.6 Å². The van der Waals surface area contributed by atoms with Gasteiger partial charge in [-0.3, -0.25) is 4.57 Å². The minimum atomic E-state index is -0.578. The van der Waals surface area contributed by atoms with Gasteiger partial charge in [-0.2, -0.15) is 0 Å². The van der Waals surface area contributed by atoms with Crippen LogP contribution in [0.15, 0.2) is 72.8 Å². The fraction of sp³-hybridized carbons (Fsp3) is 0.300. The van der Waals surface area contributed by atoms with Crippen LogP contribution in [0, 0.1) is 5.92 Å². The van der Waals surface area contributed by atoms with Crippen LogP contribution < -0.4 is 15.2 Å². The number of nitrogens with zero attached hydrogens (tertiary/aromatic N) is 2. The Morgan fingerprint density at radius 3 is 2.42 bits per heavy atom. The Kier molecular flexibility index (Phi) is 4.63. The van der Waals surface area contributed by atoms with Crippen molar-refractivity contribution in [3.05, 3.63) is 78.4 Å². The molecule has 2 aliphatic carbocycles. The van der Waals surface area contributed by atoms with Crippen LogP contribution in [-0.2, 0) is 12.3 Å². The second kappa shape index (κ2) is 7.69. The van der Waals surface area contributed by atoms with Crippen LogP contribution in [0.25, 0.3) is 33.9 Å². The summed E-state index contributed by atoms with van der Waals surface area (Å²) < 4.78 is 13.8. The van der Waals surface area contributed by atoms with Crippen LogP contribution in [0.4, 0.5) is 0 Å². The maximum atomic E-state index is 10.8. The van der Waals surface area contributed by atoms with Crippen molar-refractivity contribution in [3.8, 4) is 45.4 Å². The van der Waals surface area contributed by atoms with Gasteiger partial charge in [-0.05, 0) is 49.3 Å². The van der Waals surface area contributed by atoms with E-state index in [-0.39, 0.29) is 0 Å². The predicted molar refractivity (Wildman–Crippen MR) is 138 cm³/mol. The van der Waals surface area contributed by atoms with E-state index in [4.69, 9.17) is 20.2 Å².